The highest BCUT2D eigenvalue weighted by atomic mass is 16.6. The number of amides is 7. The highest BCUT2D eigenvalue weighted by Crippen LogP contribution is 2.42. The van der Waals surface area contributed by atoms with E-state index < -0.39 is 72.1 Å². The minimum atomic E-state index is -1.14. The largest absolute Gasteiger partial charge is 0.493 e. The van der Waals surface area contributed by atoms with Gasteiger partial charge in [-0.15, -0.1) is 0 Å². The van der Waals surface area contributed by atoms with Crippen LogP contribution >= 0.6 is 0 Å². The van der Waals surface area contributed by atoms with Crippen LogP contribution in [0.3, 0.4) is 0 Å². The van der Waals surface area contributed by atoms with Gasteiger partial charge in [0.1, 0.15) is 29.7 Å². The van der Waals surface area contributed by atoms with Crippen molar-refractivity contribution in [3.63, 3.8) is 0 Å². The lowest BCUT2D eigenvalue weighted by atomic mass is 9.91. The zero-order valence-electron chi connectivity index (χ0n) is 45.9. The molecule has 0 spiro atoms. The molecular weight excluding hydrogens is 1040 g/mol. The molecule has 22 nitrogen and oxygen atoms in total. The third-order valence-electron chi connectivity index (χ3n) is 14.0. The smallest absolute Gasteiger partial charge is 0.329 e. The Labute approximate surface area is 463 Å². The minimum absolute atomic E-state index is 0.00338. The van der Waals surface area contributed by atoms with Gasteiger partial charge in [0.2, 0.25) is 23.5 Å². The van der Waals surface area contributed by atoms with Crippen LogP contribution in [0.15, 0.2) is 72.8 Å². The number of aryl methyl sites for hydroxylation is 1. The Hall–Kier alpha value is -8.40. The summed E-state index contributed by atoms with van der Waals surface area (Å²) in [4.78, 5) is 108. The molecule has 3 aliphatic heterocycles. The molecule has 2 saturated heterocycles. The molecule has 2 fully saturated rings. The van der Waals surface area contributed by atoms with Crippen LogP contribution in [0.5, 0.6) is 40.2 Å². The average Bonchev–Trinajstić information content (AvgIpc) is 3.76. The summed E-state index contributed by atoms with van der Waals surface area (Å²) in [7, 11) is 7.64. The number of esters is 1. The highest BCUT2D eigenvalue weighted by molar-refractivity contribution is 6.24. The number of fused-ring (bicyclic) bond motifs is 1. The van der Waals surface area contributed by atoms with Gasteiger partial charge in [-0.05, 0) is 105 Å². The first-order valence-electron chi connectivity index (χ1n) is 26.6. The molecule has 0 radical (unpaired) electrons. The maximum atomic E-state index is 14.6. The van der Waals surface area contributed by atoms with Crippen LogP contribution in [0.1, 0.15) is 108 Å². The number of hydrogen-bond donors (Lipinski definition) is 3. The topological polar surface area (TPSA) is 262 Å². The molecular formula is C58H69N5O17. The Kier molecular flexibility index (Phi) is 21.1. The number of carbonyl (C=O) groups is 8. The number of para-hydroxylation sites is 1. The van der Waals surface area contributed by atoms with Crippen LogP contribution in [0.4, 0.5) is 0 Å². The number of likely N-dealkylation sites (tertiary alicyclic amines) is 1. The van der Waals surface area contributed by atoms with Gasteiger partial charge >= 0.3 is 5.97 Å². The van der Waals surface area contributed by atoms with E-state index >= 15 is 0 Å². The van der Waals surface area contributed by atoms with E-state index in [1.165, 1.54) is 39.5 Å². The van der Waals surface area contributed by atoms with Crippen LogP contribution in [0.2, 0.25) is 0 Å². The maximum absolute atomic E-state index is 14.6. The van der Waals surface area contributed by atoms with Gasteiger partial charge in [0.05, 0.1) is 59.2 Å². The van der Waals surface area contributed by atoms with Gasteiger partial charge < -0.3 is 58.2 Å². The molecule has 0 aliphatic carbocycles. The molecule has 22 heteroatoms. The molecule has 4 aromatic rings. The molecule has 0 saturated carbocycles. The van der Waals surface area contributed by atoms with Crippen molar-refractivity contribution in [2.24, 2.45) is 0 Å². The lowest BCUT2D eigenvalue weighted by Gasteiger charge is -2.37. The summed E-state index contributed by atoms with van der Waals surface area (Å²) in [5.41, 5.74) is 2.04. The second kappa shape index (κ2) is 28.5. The van der Waals surface area contributed by atoms with Gasteiger partial charge in [-0.1, -0.05) is 37.3 Å². The van der Waals surface area contributed by atoms with Crippen molar-refractivity contribution in [3.8, 4) is 40.2 Å². The highest BCUT2D eigenvalue weighted by Gasteiger charge is 2.46. The van der Waals surface area contributed by atoms with Crippen molar-refractivity contribution in [1.82, 2.24) is 25.8 Å². The summed E-state index contributed by atoms with van der Waals surface area (Å²) in [5.74, 6) is -2.34. The normalized spacial score (nSPS) is 16.6. The Balaban J connectivity index is 0.905. The number of rotatable bonds is 28. The predicted octanol–water partition coefficient (Wildman–Crippen LogP) is 5.02. The molecule has 3 heterocycles. The van der Waals surface area contributed by atoms with Gasteiger partial charge in [-0.2, -0.15) is 0 Å². The first-order chi connectivity index (χ1) is 38.7. The number of imide groups is 2. The minimum Gasteiger partial charge on any atom is -0.493 e. The molecule has 4 atom stereocenters. The van der Waals surface area contributed by atoms with E-state index in [-0.39, 0.29) is 68.5 Å². The number of carbonyl (C=O) groups excluding carboxylic acids is 8. The third kappa shape index (κ3) is 14.3. The summed E-state index contributed by atoms with van der Waals surface area (Å²) in [6.07, 6.45) is 2.55. The number of ether oxygens (including phenoxy) is 9. The van der Waals surface area contributed by atoms with Crippen molar-refractivity contribution in [3.05, 3.63) is 101 Å². The number of hydrogen-bond acceptors (Lipinski definition) is 17. The second-order valence-electron chi connectivity index (χ2n) is 19.0. The van der Waals surface area contributed by atoms with E-state index in [4.69, 9.17) is 42.6 Å². The quantitative estimate of drug-likeness (QED) is 0.0383. The molecule has 4 aromatic carbocycles. The fraction of sp³-hybridized carbons (Fsp3) is 0.448. The lowest BCUT2D eigenvalue weighted by Crippen LogP contribution is -2.54. The van der Waals surface area contributed by atoms with Gasteiger partial charge in [0, 0.05) is 38.2 Å². The van der Waals surface area contributed by atoms with Crippen molar-refractivity contribution in [2.45, 2.75) is 88.8 Å². The lowest BCUT2D eigenvalue weighted by molar-refractivity contribution is -0.162. The van der Waals surface area contributed by atoms with E-state index in [0.717, 1.165) is 10.5 Å². The molecule has 0 aromatic heterocycles. The molecule has 7 rings (SSSR count). The van der Waals surface area contributed by atoms with Crippen LogP contribution in [-0.4, -0.2) is 151 Å². The Morgan fingerprint density at radius 2 is 1.39 bits per heavy atom. The number of benzene rings is 4. The van der Waals surface area contributed by atoms with Crippen LogP contribution < -0.4 is 49.1 Å². The average molecular weight is 1110 g/mol. The summed E-state index contributed by atoms with van der Waals surface area (Å²) in [6, 6.07) is 18.5. The number of methoxy groups -OCH3 is 5. The predicted molar refractivity (Wildman–Crippen MR) is 287 cm³/mol. The first-order valence-corrected chi connectivity index (χ1v) is 26.6. The molecule has 1 unspecified atom stereocenters. The maximum Gasteiger partial charge on any atom is 0.329 e. The van der Waals surface area contributed by atoms with Crippen LogP contribution in [0, 0.1) is 0 Å². The molecule has 3 N–H and O–H groups in total. The van der Waals surface area contributed by atoms with E-state index in [9.17, 15) is 38.4 Å². The molecule has 3 aliphatic rings. The summed E-state index contributed by atoms with van der Waals surface area (Å²) in [5, 5.41) is 7.63. The zero-order valence-corrected chi connectivity index (χ0v) is 45.9. The second-order valence-corrected chi connectivity index (χ2v) is 19.0. The van der Waals surface area contributed by atoms with E-state index in [1.807, 2.05) is 19.1 Å². The zero-order chi connectivity index (χ0) is 57.3. The van der Waals surface area contributed by atoms with Crippen molar-refractivity contribution in [2.75, 3.05) is 81.6 Å². The van der Waals surface area contributed by atoms with Gasteiger partial charge in [-0.3, -0.25) is 43.8 Å². The van der Waals surface area contributed by atoms with E-state index in [1.54, 1.807) is 61.6 Å². The van der Waals surface area contributed by atoms with Crippen molar-refractivity contribution in [1.29, 1.82) is 0 Å². The van der Waals surface area contributed by atoms with Gasteiger partial charge in [-0.25, -0.2) is 4.79 Å². The number of nitrogens with zero attached hydrogens (tertiary/aromatic N) is 2. The Bertz CT molecular complexity index is 2890. The summed E-state index contributed by atoms with van der Waals surface area (Å²) in [6.45, 7) is 2.26. The van der Waals surface area contributed by atoms with Gasteiger partial charge in [0.25, 0.3) is 23.6 Å². The van der Waals surface area contributed by atoms with E-state index in [0.29, 0.717) is 97.1 Å². The standard InChI is InChI=1S/C58H69N5O17/c1-7-37(36-31-47(74-4)53(76-6)48(32-36)75-5)55(68)62-27-11-10-16-41(62)58(71)80-43(22-19-35-20-23-44(72-2)46(30-35)73-3)38-14-8-9-17-42(38)78-33-51(66)60-26-29-77-28-13-25-59-50(65)34-79-45-18-12-15-39-52(45)57(70)63(56(39)69)40-21-24-49(64)61-54(40)67/h8-9,12,14-15,17-18,20,23,30-32,37,40-41,43H,7,10-11,13,16,19,21-22,24-29,33-34H2,1-6H3,(H,59,65)(H,60,66)(H,61,64,67)/t37-,40?,41-,43+/m0/s1. The van der Waals surface area contributed by atoms with Crippen molar-refractivity contribution >= 4 is 47.3 Å². The monoisotopic (exact) mass is 1110 g/mol. The van der Waals surface area contributed by atoms with Crippen molar-refractivity contribution < 1.29 is 81.0 Å². The third-order valence-corrected chi connectivity index (χ3v) is 14.0. The molecule has 0 bridgehead atoms. The number of piperidine rings is 2. The SMILES string of the molecule is CC[C@H](C(=O)N1CCCC[C@H]1C(=O)O[C@H](CCc1ccc(OC)c(OC)c1)c1ccccc1OCC(=O)NCCOCCCNC(=O)COc1cccc2c1C(=O)N(C1CCC(=O)NC1=O)C2=O)c1cc(OC)c(OC)c(OC)c1. The van der Waals surface area contributed by atoms with Crippen LogP contribution in [0.25, 0.3) is 0 Å². The summed E-state index contributed by atoms with van der Waals surface area (Å²) < 4.78 is 51.6. The molecule has 80 heavy (non-hydrogen) atoms. The Morgan fingerprint density at radius 1 is 0.700 bits per heavy atom. The Morgan fingerprint density at radius 3 is 2.08 bits per heavy atom. The fourth-order valence-electron chi connectivity index (χ4n) is 9.96. The molecule has 428 valence electrons. The fourth-order valence-corrected chi connectivity index (χ4v) is 9.96. The van der Waals surface area contributed by atoms with Crippen LogP contribution in [-0.2, 0) is 44.7 Å². The van der Waals surface area contributed by atoms with Gasteiger partial charge in [0.15, 0.2) is 36.2 Å². The molecule has 7 amide bonds. The summed E-state index contributed by atoms with van der Waals surface area (Å²) >= 11 is 0. The first kappa shape index (κ1) is 59.3. The van der Waals surface area contributed by atoms with E-state index in [2.05, 4.69) is 16.0 Å². The number of nitrogens with one attached hydrogen (secondary N) is 3.